The van der Waals surface area contributed by atoms with Crippen molar-refractivity contribution in [1.82, 2.24) is 4.98 Å². The van der Waals surface area contributed by atoms with Gasteiger partial charge >= 0.3 is 5.97 Å². The van der Waals surface area contributed by atoms with Gasteiger partial charge in [0.05, 0.1) is 11.1 Å². The molecular weight excluding hydrogens is 205 g/mol. The lowest BCUT2D eigenvalue weighted by atomic mass is 10.1. The van der Waals surface area contributed by atoms with E-state index in [1.54, 1.807) is 12.1 Å². The van der Waals surface area contributed by atoms with Crippen LogP contribution < -0.4 is 0 Å². The van der Waals surface area contributed by atoms with E-state index in [2.05, 4.69) is 4.98 Å². The van der Waals surface area contributed by atoms with Gasteiger partial charge in [-0.3, -0.25) is 4.98 Å². The molecule has 2 aromatic rings. The molecule has 73 valence electrons. The average molecular weight is 214 g/mol. The number of fused-ring (bicyclic) bond motifs is 1. The van der Waals surface area contributed by atoms with Crippen molar-refractivity contribution in [2.24, 2.45) is 0 Å². The monoisotopic (exact) mass is 214 g/mol. The van der Waals surface area contributed by atoms with Gasteiger partial charge in [-0.1, -0.05) is 18.2 Å². The number of carbonyl (C=O) groups is 1. The first-order chi connectivity index (χ1) is 6.68. The highest BCUT2D eigenvalue weighted by Crippen LogP contribution is 2.16. The van der Waals surface area contributed by atoms with E-state index in [1.807, 2.05) is 25.1 Å². The predicted octanol–water partition coefficient (Wildman–Crippen LogP) is 1.86. The molecule has 0 bridgehead atoms. The van der Waals surface area contributed by atoms with Gasteiger partial charge in [-0.15, -0.1) is 0 Å². The van der Waals surface area contributed by atoms with Crippen LogP contribution in [0.15, 0.2) is 30.3 Å². The highest BCUT2D eigenvalue weighted by molar-refractivity contribution is 6.01. The zero-order valence-corrected chi connectivity index (χ0v) is 9.42. The van der Waals surface area contributed by atoms with Gasteiger partial charge in [0.1, 0.15) is 0 Å². The van der Waals surface area contributed by atoms with Crippen molar-refractivity contribution < 1.29 is 9.90 Å². The molecule has 0 atom stereocenters. The molecule has 4 heteroatoms. The summed E-state index contributed by atoms with van der Waals surface area (Å²) < 4.78 is 0. The van der Waals surface area contributed by atoms with Crippen LogP contribution in [0.3, 0.4) is 0 Å². The van der Waals surface area contributed by atoms with Crippen molar-refractivity contribution in [3.8, 4) is 0 Å². The van der Waals surface area contributed by atoms with Crippen LogP contribution in [0.4, 0.5) is 0 Å². The summed E-state index contributed by atoms with van der Waals surface area (Å²) in [6.45, 7) is 1.85. The minimum Gasteiger partial charge on any atom is -0.478 e. The Bertz CT molecular complexity index is 511. The Hall–Kier alpha value is -1.37. The number of hydrogen-bond donors (Lipinski definition) is 1. The van der Waals surface area contributed by atoms with Crippen molar-refractivity contribution in [2.45, 2.75) is 6.92 Å². The van der Waals surface area contributed by atoms with Crippen molar-refractivity contribution >= 4 is 34.2 Å². The first kappa shape index (κ1) is 11.7. The largest absolute Gasteiger partial charge is 0.478 e. The van der Waals surface area contributed by atoms with Gasteiger partial charge in [-0.05, 0) is 19.1 Å². The number of rotatable bonds is 1. The smallest absolute Gasteiger partial charge is 0.337 e. The van der Waals surface area contributed by atoms with E-state index in [0.717, 1.165) is 11.1 Å². The molecule has 1 heterocycles. The maximum absolute atomic E-state index is 10.9. The number of para-hydroxylation sites is 1. The quantitative estimate of drug-likeness (QED) is 0.737. The molecule has 3 nitrogen and oxygen atoms in total. The number of aromatic nitrogens is 1. The van der Waals surface area contributed by atoms with E-state index in [-0.39, 0.29) is 22.9 Å². The second-order valence-corrected chi connectivity index (χ2v) is 3.14. The molecule has 0 fully saturated rings. The SMILES string of the molecule is Cc1ccc2cccc(C(=O)O)c2n1.[Al]. The van der Waals surface area contributed by atoms with Crippen LogP contribution in [0, 0.1) is 6.92 Å². The number of carboxylic acids is 1. The van der Waals surface area contributed by atoms with Crippen LogP contribution in [0.1, 0.15) is 16.1 Å². The molecule has 0 saturated carbocycles. The van der Waals surface area contributed by atoms with E-state index < -0.39 is 5.97 Å². The van der Waals surface area contributed by atoms with Crippen LogP contribution in [0.5, 0.6) is 0 Å². The Morgan fingerprint density at radius 3 is 2.67 bits per heavy atom. The molecule has 0 aliphatic heterocycles. The summed E-state index contributed by atoms with van der Waals surface area (Å²) in [5, 5.41) is 9.79. The van der Waals surface area contributed by atoms with Crippen LogP contribution in [-0.2, 0) is 0 Å². The number of carboxylic acid groups (broad SMARTS) is 1. The number of aromatic carboxylic acids is 1. The number of hydrogen-bond acceptors (Lipinski definition) is 2. The minimum atomic E-state index is -0.936. The summed E-state index contributed by atoms with van der Waals surface area (Å²) in [5.74, 6) is -0.936. The summed E-state index contributed by atoms with van der Waals surface area (Å²) in [6, 6.07) is 8.90. The van der Waals surface area contributed by atoms with Crippen LogP contribution in [0.2, 0.25) is 0 Å². The lowest BCUT2D eigenvalue weighted by Crippen LogP contribution is -1.99. The van der Waals surface area contributed by atoms with Crippen molar-refractivity contribution in [2.75, 3.05) is 0 Å². The van der Waals surface area contributed by atoms with Gasteiger partial charge in [0, 0.05) is 28.4 Å². The molecule has 3 radical (unpaired) electrons. The Morgan fingerprint density at radius 2 is 2.00 bits per heavy atom. The summed E-state index contributed by atoms with van der Waals surface area (Å²) in [5.41, 5.74) is 1.64. The van der Waals surface area contributed by atoms with Gasteiger partial charge in [-0.2, -0.15) is 0 Å². The third-order valence-electron chi connectivity index (χ3n) is 2.09. The Labute approximate surface area is 97.9 Å². The fourth-order valence-electron chi connectivity index (χ4n) is 1.42. The highest BCUT2D eigenvalue weighted by Gasteiger charge is 2.08. The fraction of sp³-hybridized carbons (Fsp3) is 0.0909. The molecule has 1 N–H and O–H groups in total. The Balaban J connectivity index is 0.00000112. The van der Waals surface area contributed by atoms with E-state index in [4.69, 9.17) is 5.11 Å². The molecular formula is C11H9AlNO2. The summed E-state index contributed by atoms with van der Waals surface area (Å²) >= 11 is 0. The van der Waals surface area contributed by atoms with E-state index in [9.17, 15) is 4.79 Å². The van der Waals surface area contributed by atoms with Gasteiger partial charge in [0.2, 0.25) is 0 Å². The maximum Gasteiger partial charge on any atom is 0.337 e. The zero-order valence-electron chi connectivity index (χ0n) is 8.27. The average Bonchev–Trinajstić information content (AvgIpc) is 2.16. The lowest BCUT2D eigenvalue weighted by Gasteiger charge is -2.01. The van der Waals surface area contributed by atoms with Gasteiger partial charge in [-0.25, -0.2) is 4.79 Å². The Morgan fingerprint density at radius 1 is 1.27 bits per heavy atom. The fourth-order valence-corrected chi connectivity index (χ4v) is 1.42. The van der Waals surface area contributed by atoms with Gasteiger partial charge < -0.3 is 5.11 Å². The zero-order chi connectivity index (χ0) is 10.1. The topological polar surface area (TPSA) is 50.2 Å². The number of benzene rings is 1. The normalized spacial score (nSPS) is 9.67. The van der Waals surface area contributed by atoms with Crippen LogP contribution in [-0.4, -0.2) is 33.4 Å². The summed E-state index contributed by atoms with van der Waals surface area (Å²) in [7, 11) is 0. The molecule has 0 unspecified atom stereocenters. The van der Waals surface area contributed by atoms with Gasteiger partial charge in [0.15, 0.2) is 0 Å². The maximum atomic E-state index is 10.9. The van der Waals surface area contributed by atoms with Crippen molar-refractivity contribution in [3.63, 3.8) is 0 Å². The van der Waals surface area contributed by atoms with Crippen molar-refractivity contribution in [3.05, 3.63) is 41.6 Å². The second kappa shape index (κ2) is 4.43. The molecule has 1 aromatic carbocycles. The van der Waals surface area contributed by atoms with Crippen molar-refractivity contribution in [1.29, 1.82) is 0 Å². The predicted molar refractivity (Wildman–Crippen MR) is 59.2 cm³/mol. The van der Waals surface area contributed by atoms with Gasteiger partial charge in [0.25, 0.3) is 0 Å². The molecule has 0 spiro atoms. The molecule has 0 amide bonds. The molecule has 15 heavy (non-hydrogen) atoms. The second-order valence-electron chi connectivity index (χ2n) is 3.14. The highest BCUT2D eigenvalue weighted by atomic mass is 27.0. The lowest BCUT2D eigenvalue weighted by molar-refractivity contribution is 0.0699. The third kappa shape index (κ3) is 2.17. The molecule has 1 aromatic heterocycles. The molecule has 0 aliphatic rings. The van der Waals surface area contributed by atoms with E-state index in [0.29, 0.717) is 5.52 Å². The number of aryl methyl sites for hydroxylation is 1. The standard InChI is InChI=1S/C11H9NO2.Al/c1-7-5-6-8-3-2-4-9(11(13)14)10(8)12-7;/h2-6H,1H3,(H,13,14);. The third-order valence-corrected chi connectivity index (χ3v) is 2.09. The van der Waals surface area contributed by atoms with Crippen LogP contribution in [0.25, 0.3) is 10.9 Å². The first-order valence-electron chi connectivity index (χ1n) is 4.28. The number of pyridine rings is 1. The molecule has 0 aliphatic carbocycles. The molecule has 0 saturated heterocycles. The minimum absolute atomic E-state index is 0. The number of nitrogens with zero attached hydrogens (tertiary/aromatic N) is 1. The molecule has 2 rings (SSSR count). The summed E-state index contributed by atoms with van der Waals surface area (Å²) in [6.07, 6.45) is 0. The van der Waals surface area contributed by atoms with E-state index in [1.165, 1.54) is 0 Å². The van der Waals surface area contributed by atoms with E-state index >= 15 is 0 Å². The first-order valence-corrected chi connectivity index (χ1v) is 4.28. The Kier molecular flexibility index (Phi) is 3.46. The van der Waals surface area contributed by atoms with Crippen LogP contribution >= 0.6 is 0 Å². The summed E-state index contributed by atoms with van der Waals surface area (Å²) in [4.78, 5) is 15.1.